The summed E-state index contributed by atoms with van der Waals surface area (Å²) >= 11 is 3.38. The molecule has 5 nitrogen and oxygen atoms in total. The number of nitrogens with one attached hydrogen (secondary N) is 2. The molecule has 0 aliphatic carbocycles. The number of carbonyl (C=O) groups excluding carboxylic acids is 1. The lowest BCUT2D eigenvalue weighted by Crippen LogP contribution is -2.28. The molecule has 1 amide bonds. The topological polar surface area (TPSA) is 80.0 Å². The zero-order valence-corrected chi connectivity index (χ0v) is 12.5. The van der Waals surface area contributed by atoms with Crippen molar-refractivity contribution in [3.63, 3.8) is 0 Å². The van der Waals surface area contributed by atoms with E-state index in [0.29, 0.717) is 11.3 Å². The van der Waals surface area contributed by atoms with E-state index in [1.54, 1.807) is 12.3 Å². The number of nitrogen functional groups attached to an aromatic ring is 1. The maximum Gasteiger partial charge on any atom is 0.255 e. The summed E-state index contributed by atoms with van der Waals surface area (Å²) in [7, 11) is 0. The third-order valence-electron chi connectivity index (χ3n) is 2.94. The van der Waals surface area contributed by atoms with Crippen molar-refractivity contribution >= 4 is 27.5 Å². The number of aromatic nitrogens is 1. The molecule has 2 rings (SSSR count). The van der Waals surface area contributed by atoms with Gasteiger partial charge in [-0.05, 0) is 30.7 Å². The van der Waals surface area contributed by atoms with Crippen molar-refractivity contribution in [1.82, 2.24) is 10.3 Å². The SMILES string of the molecule is CC(NC(=O)c1cnccc1NN)c1ccc(Br)cc1. The van der Waals surface area contributed by atoms with Crippen molar-refractivity contribution in [3.8, 4) is 0 Å². The molecule has 2 aromatic rings. The number of halogens is 1. The lowest BCUT2D eigenvalue weighted by atomic mass is 10.1. The Morgan fingerprint density at radius 3 is 2.65 bits per heavy atom. The van der Waals surface area contributed by atoms with Gasteiger partial charge < -0.3 is 10.7 Å². The average Bonchev–Trinajstić information content (AvgIpc) is 2.47. The average molecular weight is 335 g/mol. The van der Waals surface area contributed by atoms with E-state index < -0.39 is 0 Å². The first-order valence-corrected chi connectivity index (χ1v) is 6.88. The highest BCUT2D eigenvalue weighted by molar-refractivity contribution is 9.10. The minimum atomic E-state index is -0.221. The number of hydrogen-bond acceptors (Lipinski definition) is 4. The van der Waals surface area contributed by atoms with Crippen LogP contribution in [0, 0.1) is 0 Å². The van der Waals surface area contributed by atoms with Crippen LogP contribution in [-0.2, 0) is 0 Å². The second-order valence-corrected chi connectivity index (χ2v) is 5.23. The van der Waals surface area contributed by atoms with Crippen molar-refractivity contribution in [1.29, 1.82) is 0 Å². The quantitative estimate of drug-likeness (QED) is 0.593. The number of hydrazine groups is 1. The van der Waals surface area contributed by atoms with E-state index in [2.05, 4.69) is 31.7 Å². The maximum atomic E-state index is 12.2. The Hall–Kier alpha value is -1.92. The lowest BCUT2D eigenvalue weighted by Gasteiger charge is -2.15. The van der Waals surface area contributed by atoms with Crippen LogP contribution in [0.5, 0.6) is 0 Å². The summed E-state index contributed by atoms with van der Waals surface area (Å²) in [6, 6.07) is 9.34. The molecular formula is C14H15BrN4O. The van der Waals surface area contributed by atoms with Gasteiger partial charge in [0.1, 0.15) is 0 Å². The van der Waals surface area contributed by atoms with Crippen LogP contribution in [0.3, 0.4) is 0 Å². The van der Waals surface area contributed by atoms with Gasteiger partial charge >= 0.3 is 0 Å². The first-order valence-electron chi connectivity index (χ1n) is 6.08. The lowest BCUT2D eigenvalue weighted by molar-refractivity contribution is 0.0940. The second kappa shape index (κ2) is 6.49. The van der Waals surface area contributed by atoms with Gasteiger partial charge in [-0.3, -0.25) is 15.6 Å². The molecule has 1 aromatic carbocycles. The highest BCUT2D eigenvalue weighted by Crippen LogP contribution is 2.18. The summed E-state index contributed by atoms with van der Waals surface area (Å²) in [5.74, 6) is 5.16. The summed E-state index contributed by atoms with van der Waals surface area (Å²) < 4.78 is 1.00. The van der Waals surface area contributed by atoms with Crippen LogP contribution in [0.15, 0.2) is 47.2 Å². The fraction of sp³-hybridized carbons (Fsp3) is 0.143. The molecule has 0 spiro atoms. The molecule has 0 aliphatic heterocycles. The van der Waals surface area contributed by atoms with Gasteiger partial charge in [0, 0.05) is 16.9 Å². The smallest absolute Gasteiger partial charge is 0.255 e. The van der Waals surface area contributed by atoms with Gasteiger partial charge in [0.05, 0.1) is 17.3 Å². The number of pyridine rings is 1. The number of amides is 1. The third-order valence-corrected chi connectivity index (χ3v) is 3.47. The van der Waals surface area contributed by atoms with Gasteiger partial charge in [0.2, 0.25) is 0 Å². The number of benzene rings is 1. The van der Waals surface area contributed by atoms with Crippen LogP contribution in [0.4, 0.5) is 5.69 Å². The fourth-order valence-corrected chi connectivity index (χ4v) is 2.07. The van der Waals surface area contributed by atoms with Gasteiger partial charge in [0.15, 0.2) is 0 Å². The number of nitrogens with zero attached hydrogens (tertiary/aromatic N) is 1. The highest BCUT2D eigenvalue weighted by Gasteiger charge is 2.14. The maximum absolute atomic E-state index is 12.2. The van der Waals surface area contributed by atoms with Crippen molar-refractivity contribution in [2.75, 3.05) is 5.43 Å². The van der Waals surface area contributed by atoms with Crippen molar-refractivity contribution in [3.05, 3.63) is 58.3 Å². The van der Waals surface area contributed by atoms with Crippen LogP contribution in [-0.4, -0.2) is 10.9 Å². The summed E-state index contributed by atoms with van der Waals surface area (Å²) in [5.41, 5.74) is 4.47. The van der Waals surface area contributed by atoms with Crippen LogP contribution < -0.4 is 16.6 Å². The van der Waals surface area contributed by atoms with E-state index in [9.17, 15) is 4.79 Å². The largest absolute Gasteiger partial charge is 0.345 e. The van der Waals surface area contributed by atoms with Gasteiger partial charge in [0.25, 0.3) is 5.91 Å². The molecule has 0 bridgehead atoms. The Bertz CT molecular complexity index is 600. The van der Waals surface area contributed by atoms with Crippen LogP contribution in [0.25, 0.3) is 0 Å². The highest BCUT2D eigenvalue weighted by atomic mass is 79.9. The van der Waals surface area contributed by atoms with Crippen LogP contribution in [0.1, 0.15) is 28.9 Å². The van der Waals surface area contributed by atoms with Crippen LogP contribution in [0.2, 0.25) is 0 Å². The molecule has 0 saturated carbocycles. The zero-order chi connectivity index (χ0) is 14.5. The molecule has 104 valence electrons. The first kappa shape index (κ1) is 14.5. The Labute approximate surface area is 125 Å². The zero-order valence-electron chi connectivity index (χ0n) is 10.9. The van der Waals surface area contributed by atoms with E-state index in [1.807, 2.05) is 31.2 Å². The van der Waals surface area contributed by atoms with Crippen molar-refractivity contribution in [2.24, 2.45) is 5.84 Å². The molecule has 1 atom stereocenters. The normalized spacial score (nSPS) is 11.8. The molecule has 1 heterocycles. The summed E-state index contributed by atoms with van der Waals surface area (Å²) in [6.07, 6.45) is 3.06. The van der Waals surface area contributed by atoms with E-state index in [4.69, 9.17) is 5.84 Å². The molecule has 1 aromatic heterocycles. The van der Waals surface area contributed by atoms with Crippen LogP contribution >= 0.6 is 15.9 Å². The van der Waals surface area contributed by atoms with Gasteiger partial charge in [-0.2, -0.15) is 0 Å². The monoisotopic (exact) mass is 334 g/mol. The molecular weight excluding hydrogens is 320 g/mol. The van der Waals surface area contributed by atoms with E-state index >= 15 is 0 Å². The number of hydrogen-bond donors (Lipinski definition) is 3. The Morgan fingerprint density at radius 1 is 1.30 bits per heavy atom. The predicted molar refractivity (Wildman–Crippen MR) is 82.1 cm³/mol. The standard InChI is InChI=1S/C14H15BrN4O/c1-9(10-2-4-11(15)5-3-10)18-14(20)12-8-17-7-6-13(12)19-16/h2-9H,16H2,1H3,(H,17,19)(H,18,20). The number of rotatable bonds is 4. The Morgan fingerprint density at radius 2 is 2.00 bits per heavy atom. The minimum Gasteiger partial charge on any atom is -0.345 e. The molecule has 6 heteroatoms. The summed E-state index contributed by atoms with van der Waals surface area (Å²) in [6.45, 7) is 1.92. The Kier molecular flexibility index (Phi) is 4.70. The molecule has 0 saturated heterocycles. The summed E-state index contributed by atoms with van der Waals surface area (Å²) in [4.78, 5) is 16.2. The van der Waals surface area contributed by atoms with Crippen molar-refractivity contribution < 1.29 is 4.79 Å². The van der Waals surface area contributed by atoms with Gasteiger partial charge in [-0.1, -0.05) is 28.1 Å². The van der Waals surface area contributed by atoms with E-state index in [0.717, 1.165) is 10.0 Å². The molecule has 4 N–H and O–H groups in total. The van der Waals surface area contributed by atoms with Gasteiger partial charge in [-0.25, -0.2) is 0 Å². The molecule has 0 fully saturated rings. The fourth-order valence-electron chi connectivity index (χ4n) is 1.81. The third kappa shape index (κ3) is 3.34. The molecule has 0 aliphatic rings. The minimum absolute atomic E-state index is 0.110. The Balaban J connectivity index is 2.13. The van der Waals surface area contributed by atoms with E-state index in [-0.39, 0.29) is 11.9 Å². The first-order chi connectivity index (χ1) is 9.61. The van der Waals surface area contributed by atoms with E-state index in [1.165, 1.54) is 6.20 Å². The predicted octanol–water partition coefficient (Wildman–Crippen LogP) is 2.62. The number of anilines is 1. The molecule has 1 unspecified atom stereocenters. The number of nitrogens with two attached hydrogens (primary N) is 1. The van der Waals surface area contributed by atoms with Crippen molar-refractivity contribution in [2.45, 2.75) is 13.0 Å². The van der Waals surface area contributed by atoms with Gasteiger partial charge in [-0.15, -0.1) is 0 Å². The number of carbonyl (C=O) groups is 1. The molecule has 20 heavy (non-hydrogen) atoms. The second-order valence-electron chi connectivity index (χ2n) is 4.31. The summed E-state index contributed by atoms with van der Waals surface area (Å²) in [5, 5.41) is 2.92. The molecule has 0 radical (unpaired) electrons.